The number of benzene rings is 1. The van der Waals surface area contributed by atoms with E-state index < -0.39 is 0 Å². The molecule has 1 heterocycles. The van der Waals surface area contributed by atoms with E-state index >= 15 is 0 Å². The minimum absolute atomic E-state index is 0.156. The van der Waals surface area contributed by atoms with Crippen LogP contribution in [0.4, 0.5) is 10.1 Å². The van der Waals surface area contributed by atoms with E-state index in [1.165, 1.54) is 6.07 Å². The van der Waals surface area contributed by atoms with Crippen LogP contribution in [0, 0.1) is 12.7 Å². The average Bonchev–Trinajstić information content (AvgIpc) is 2.43. The maximum absolute atomic E-state index is 13.7. The van der Waals surface area contributed by atoms with Crippen molar-refractivity contribution in [3.05, 3.63) is 59.2 Å². The van der Waals surface area contributed by atoms with Crippen molar-refractivity contribution >= 4 is 5.69 Å². The molecule has 106 valence electrons. The Morgan fingerprint density at radius 1 is 1.25 bits per heavy atom. The molecule has 1 aromatic heterocycles. The van der Waals surface area contributed by atoms with Crippen LogP contribution in [0.15, 0.2) is 36.5 Å². The summed E-state index contributed by atoms with van der Waals surface area (Å²) in [6.45, 7) is 5.16. The van der Waals surface area contributed by atoms with Gasteiger partial charge in [0.05, 0.1) is 11.4 Å². The van der Waals surface area contributed by atoms with Crippen molar-refractivity contribution in [3.8, 4) is 0 Å². The number of aromatic nitrogens is 1. The molecule has 0 unspecified atom stereocenters. The molecule has 0 radical (unpaired) electrons. The van der Waals surface area contributed by atoms with E-state index in [1.54, 1.807) is 6.07 Å². The Balaban J connectivity index is 2.25. The van der Waals surface area contributed by atoms with E-state index in [4.69, 9.17) is 0 Å². The number of pyridine rings is 1. The molecule has 0 aliphatic heterocycles. The van der Waals surface area contributed by atoms with Gasteiger partial charge in [0.15, 0.2) is 0 Å². The van der Waals surface area contributed by atoms with Gasteiger partial charge in [-0.1, -0.05) is 25.1 Å². The normalized spacial score (nSPS) is 10.6. The molecule has 0 aliphatic rings. The number of rotatable bonds is 5. The first-order valence-corrected chi connectivity index (χ1v) is 7.02. The van der Waals surface area contributed by atoms with Crippen molar-refractivity contribution < 1.29 is 4.39 Å². The lowest BCUT2D eigenvalue weighted by molar-refractivity contribution is 0.614. The molecule has 0 amide bonds. The van der Waals surface area contributed by atoms with Crippen LogP contribution in [-0.4, -0.2) is 18.6 Å². The second-order valence-electron chi connectivity index (χ2n) is 5.14. The maximum Gasteiger partial charge on any atom is 0.126 e. The van der Waals surface area contributed by atoms with E-state index in [2.05, 4.69) is 29.9 Å². The smallest absolute Gasteiger partial charge is 0.126 e. The Morgan fingerprint density at radius 2 is 2.00 bits per heavy atom. The summed E-state index contributed by atoms with van der Waals surface area (Å²) >= 11 is 0. The van der Waals surface area contributed by atoms with Crippen LogP contribution in [0.25, 0.3) is 0 Å². The summed E-state index contributed by atoms with van der Waals surface area (Å²) in [7, 11) is 2.07. The highest BCUT2D eigenvalue weighted by molar-refractivity contribution is 5.51. The molecular formula is C17H21FN2. The number of hydrogen-bond acceptors (Lipinski definition) is 2. The molecule has 0 saturated heterocycles. The van der Waals surface area contributed by atoms with Gasteiger partial charge in [-0.2, -0.15) is 0 Å². The lowest BCUT2D eigenvalue weighted by Gasteiger charge is -2.21. The lowest BCUT2D eigenvalue weighted by Crippen LogP contribution is -2.19. The largest absolute Gasteiger partial charge is 0.373 e. The van der Waals surface area contributed by atoms with E-state index in [9.17, 15) is 4.39 Å². The lowest BCUT2D eigenvalue weighted by atomic mass is 10.0. The van der Waals surface area contributed by atoms with Gasteiger partial charge in [-0.15, -0.1) is 0 Å². The first-order chi connectivity index (χ1) is 9.61. The molecule has 1 aromatic carbocycles. The summed E-state index contributed by atoms with van der Waals surface area (Å²) in [5.74, 6) is -0.156. The van der Waals surface area contributed by atoms with Gasteiger partial charge in [0.2, 0.25) is 0 Å². The fourth-order valence-electron chi connectivity index (χ4n) is 2.36. The zero-order valence-corrected chi connectivity index (χ0v) is 12.4. The molecule has 0 spiro atoms. The van der Waals surface area contributed by atoms with E-state index in [1.807, 2.05) is 25.3 Å². The van der Waals surface area contributed by atoms with Crippen LogP contribution in [-0.2, 0) is 6.42 Å². The van der Waals surface area contributed by atoms with Crippen LogP contribution < -0.4 is 4.90 Å². The Morgan fingerprint density at radius 3 is 2.70 bits per heavy atom. The highest BCUT2D eigenvalue weighted by Crippen LogP contribution is 2.21. The van der Waals surface area contributed by atoms with Crippen LogP contribution in [0.5, 0.6) is 0 Å². The van der Waals surface area contributed by atoms with Gasteiger partial charge in [0.25, 0.3) is 0 Å². The maximum atomic E-state index is 13.7. The molecule has 2 aromatic rings. The number of nitrogens with zero attached hydrogens (tertiary/aromatic N) is 2. The van der Waals surface area contributed by atoms with Crippen molar-refractivity contribution in [2.24, 2.45) is 0 Å². The number of anilines is 1. The molecule has 0 bridgehead atoms. The fraction of sp³-hybridized carbons (Fsp3) is 0.353. The molecule has 0 fully saturated rings. The molecule has 2 rings (SSSR count). The van der Waals surface area contributed by atoms with Gasteiger partial charge in [0.1, 0.15) is 5.82 Å². The van der Waals surface area contributed by atoms with E-state index in [-0.39, 0.29) is 5.82 Å². The van der Waals surface area contributed by atoms with E-state index in [0.29, 0.717) is 12.0 Å². The van der Waals surface area contributed by atoms with Crippen LogP contribution >= 0.6 is 0 Å². The monoisotopic (exact) mass is 272 g/mol. The van der Waals surface area contributed by atoms with Crippen molar-refractivity contribution in [1.29, 1.82) is 0 Å². The Labute approximate surface area is 120 Å². The molecule has 0 atom stereocenters. The highest BCUT2D eigenvalue weighted by atomic mass is 19.1. The summed E-state index contributed by atoms with van der Waals surface area (Å²) in [6, 6.07) is 9.02. The van der Waals surface area contributed by atoms with Gasteiger partial charge in [0, 0.05) is 26.2 Å². The first kappa shape index (κ1) is 14.5. The zero-order valence-electron chi connectivity index (χ0n) is 12.4. The Hall–Kier alpha value is -1.90. The molecular weight excluding hydrogens is 251 g/mol. The quantitative estimate of drug-likeness (QED) is 0.819. The summed E-state index contributed by atoms with van der Waals surface area (Å²) < 4.78 is 13.7. The van der Waals surface area contributed by atoms with Crippen LogP contribution in [0.1, 0.15) is 30.2 Å². The van der Waals surface area contributed by atoms with Gasteiger partial charge < -0.3 is 4.90 Å². The molecule has 3 heteroatoms. The zero-order chi connectivity index (χ0) is 14.5. The van der Waals surface area contributed by atoms with Crippen LogP contribution in [0.3, 0.4) is 0 Å². The molecule has 0 saturated carbocycles. The number of hydrogen-bond donors (Lipinski definition) is 0. The van der Waals surface area contributed by atoms with Crippen molar-refractivity contribution in [1.82, 2.24) is 4.98 Å². The van der Waals surface area contributed by atoms with Gasteiger partial charge in [-0.05, 0) is 36.6 Å². The third kappa shape index (κ3) is 3.35. The minimum atomic E-state index is -0.156. The number of aryl methyl sites for hydroxylation is 1. The van der Waals surface area contributed by atoms with Gasteiger partial charge >= 0.3 is 0 Å². The van der Waals surface area contributed by atoms with Crippen molar-refractivity contribution in [2.45, 2.75) is 26.7 Å². The van der Waals surface area contributed by atoms with Crippen LogP contribution in [0.2, 0.25) is 0 Å². The van der Waals surface area contributed by atoms with Crippen molar-refractivity contribution in [3.63, 3.8) is 0 Å². The SMILES string of the molecule is CCCN(C)c1cc(Cc2ccccc2F)cnc1C. The summed E-state index contributed by atoms with van der Waals surface area (Å²) in [4.78, 5) is 6.65. The average molecular weight is 272 g/mol. The highest BCUT2D eigenvalue weighted by Gasteiger charge is 2.08. The summed E-state index contributed by atoms with van der Waals surface area (Å²) in [5, 5.41) is 0. The molecule has 0 N–H and O–H groups in total. The van der Waals surface area contributed by atoms with Crippen molar-refractivity contribution in [2.75, 3.05) is 18.5 Å². The summed E-state index contributed by atoms with van der Waals surface area (Å²) in [6.07, 6.45) is 3.51. The number of halogens is 1. The molecule has 20 heavy (non-hydrogen) atoms. The third-order valence-corrected chi connectivity index (χ3v) is 3.44. The second kappa shape index (κ2) is 6.51. The first-order valence-electron chi connectivity index (χ1n) is 7.02. The van der Waals surface area contributed by atoms with E-state index in [0.717, 1.165) is 29.9 Å². The predicted octanol–water partition coefficient (Wildman–Crippen LogP) is 3.97. The molecule has 0 aliphatic carbocycles. The fourth-order valence-corrected chi connectivity index (χ4v) is 2.36. The topological polar surface area (TPSA) is 16.1 Å². The minimum Gasteiger partial charge on any atom is -0.373 e. The Bertz CT molecular complexity index is 581. The molecule has 2 nitrogen and oxygen atoms in total. The third-order valence-electron chi connectivity index (χ3n) is 3.44. The van der Waals surface area contributed by atoms with Gasteiger partial charge in [-0.3, -0.25) is 4.98 Å². The summed E-state index contributed by atoms with van der Waals surface area (Å²) in [5.41, 5.74) is 3.89. The predicted molar refractivity (Wildman–Crippen MR) is 81.7 cm³/mol. The Kier molecular flexibility index (Phi) is 4.72. The standard InChI is InChI=1S/C17H21FN2/c1-4-9-20(3)17-11-14(12-19-13(17)2)10-15-7-5-6-8-16(15)18/h5-8,11-12H,4,9-10H2,1-3H3. The van der Waals surface area contributed by atoms with Gasteiger partial charge in [-0.25, -0.2) is 4.39 Å². The second-order valence-corrected chi connectivity index (χ2v) is 5.14.